The van der Waals surface area contributed by atoms with Gasteiger partial charge in [0.05, 0.1) is 28.6 Å². The van der Waals surface area contributed by atoms with Crippen molar-refractivity contribution in [1.82, 2.24) is 19.9 Å². The Balaban J connectivity index is 1.38. The number of terminal acetylenes is 1. The van der Waals surface area contributed by atoms with E-state index < -0.39 is 30.0 Å². The Morgan fingerprint density at radius 2 is 2.07 bits per heavy atom. The topological polar surface area (TPSA) is 94.8 Å². The maximum absolute atomic E-state index is 16.5. The van der Waals surface area contributed by atoms with E-state index in [4.69, 9.17) is 11.2 Å². The number of aliphatic hydroxyl groups is 1. The summed E-state index contributed by atoms with van der Waals surface area (Å²) in [5.74, 6) is 0.903. The van der Waals surface area contributed by atoms with Crippen molar-refractivity contribution in [2.45, 2.75) is 49.5 Å². The van der Waals surface area contributed by atoms with Crippen molar-refractivity contribution in [3.05, 3.63) is 47.7 Å². The number of halogens is 3. The molecule has 7 rings (SSSR count). The normalized spacial score (nSPS) is 25.1. The molecule has 1 aliphatic carbocycles. The van der Waals surface area contributed by atoms with E-state index in [1.807, 2.05) is 0 Å². The Labute approximate surface area is 239 Å². The van der Waals surface area contributed by atoms with Crippen LogP contribution in [0.5, 0.6) is 11.8 Å². The van der Waals surface area contributed by atoms with Gasteiger partial charge in [0.2, 0.25) is 0 Å². The molecule has 2 aliphatic heterocycles. The van der Waals surface area contributed by atoms with Crippen LogP contribution in [0.25, 0.3) is 32.9 Å². The third kappa shape index (κ3) is 4.20. The summed E-state index contributed by atoms with van der Waals surface area (Å²) in [5, 5.41) is 21.6. The van der Waals surface area contributed by atoms with Gasteiger partial charge in [-0.1, -0.05) is 12.0 Å². The maximum Gasteiger partial charge on any atom is 0.319 e. The lowest BCUT2D eigenvalue weighted by Gasteiger charge is -2.31. The molecular weight excluding hydrogens is 547 g/mol. The molecule has 0 amide bonds. The highest BCUT2D eigenvalue weighted by molar-refractivity contribution is 6.03. The minimum Gasteiger partial charge on any atom is -0.508 e. The molecule has 2 N–H and O–H groups in total. The Kier molecular flexibility index (Phi) is 6.18. The third-order valence-corrected chi connectivity index (χ3v) is 8.86. The van der Waals surface area contributed by atoms with E-state index in [9.17, 15) is 19.0 Å². The van der Waals surface area contributed by atoms with Gasteiger partial charge in [-0.25, -0.2) is 13.2 Å². The van der Waals surface area contributed by atoms with Gasteiger partial charge in [0.1, 0.15) is 41.4 Å². The lowest BCUT2D eigenvalue weighted by Crippen LogP contribution is -2.43. The van der Waals surface area contributed by atoms with Crippen LogP contribution in [0.2, 0.25) is 0 Å². The number of aromatic nitrogens is 3. The molecule has 216 valence electrons. The quantitative estimate of drug-likeness (QED) is 0.328. The fraction of sp³-hybridized carbons (Fsp3) is 0.387. The van der Waals surface area contributed by atoms with Crippen molar-refractivity contribution in [3.63, 3.8) is 0 Å². The summed E-state index contributed by atoms with van der Waals surface area (Å²) in [6.07, 6.45) is 8.20. The zero-order chi connectivity index (χ0) is 29.3. The summed E-state index contributed by atoms with van der Waals surface area (Å²) < 4.78 is 51.4. The minimum absolute atomic E-state index is 0.0854. The Morgan fingerprint density at radius 3 is 2.83 bits per heavy atom. The van der Waals surface area contributed by atoms with E-state index in [0.29, 0.717) is 24.8 Å². The Morgan fingerprint density at radius 1 is 1.26 bits per heavy atom. The van der Waals surface area contributed by atoms with E-state index in [0.717, 1.165) is 19.4 Å². The van der Waals surface area contributed by atoms with Crippen LogP contribution in [0.15, 0.2) is 30.5 Å². The number of ether oxygens (including phenoxy) is 1. The largest absolute Gasteiger partial charge is 0.508 e. The molecule has 3 aliphatic rings. The van der Waals surface area contributed by atoms with Gasteiger partial charge < -0.3 is 19.8 Å². The number of phenols is 1. The molecule has 1 saturated carbocycles. The molecule has 2 aromatic heterocycles. The van der Waals surface area contributed by atoms with Crippen LogP contribution in [0, 0.1) is 24.0 Å². The molecule has 4 aromatic rings. The van der Waals surface area contributed by atoms with Gasteiger partial charge in [0.25, 0.3) is 0 Å². The third-order valence-electron chi connectivity index (χ3n) is 8.86. The lowest BCUT2D eigenvalue weighted by molar-refractivity contribution is 0.107. The molecule has 0 bridgehead atoms. The van der Waals surface area contributed by atoms with Crippen LogP contribution in [-0.4, -0.2) is 80.7 Å². The summed E-state index contributed by atoms with van der Waals surface area (Å²) >= 11 is 0. The summed E-state index contributed by atoms with van der Waals surface area (Å²) in [7, 11) is 1.68. The first kappa shape index (κ1) is 26.7. The Hall–Kier alpha value is -4.14. The molecule has 8 nitrogen and oxygen atoms in total. The van der Waals surface area contributed by atoms with Gasteiger partial charge in [-0.05, 0) is 49.4 Å². The van der Waals surface area contributed by atoms with E-state index in [-0.39, 0.29) is 62.8 Å². The second-order valence-electron chi connectivity index (χ2n) is 11.5. The van der Waals surface area contributed by atoms with Crippen molar-refractivity contribution >= 4 is 27.5 Å². The predicted octanol–water partition coefficient (Wildman–Crippen LogP) is 4.33. The monoisotopic (exact) mass is 575 g/mol. The number of β-amino-alcohol motifs (C(OH)–C–C–N with tert-alkyl or cyclic N) is 1. The summed E-state index contributed by atoms with van der Waals surface area (Å²) in [6, 6.07) is 4.81. The van der Waals surface area contributed by atoms with Gasteiger partial charge in [0, 0.05) is 37.2 Å². The molecule has 0 radical (unpaired) electrons. The first-order chi connectivity index (χ1) is 20.2. The summed E-state index contributed by atoms with van der Waals surface area (Å²) in [5.41, 5.74) is -0.664. The number of hydrogen-bond acceptors (Lipinski definition) is 8. The molecule has 3 fully saturated rings. The van der Waals surface area contributed by atoms with Crippen LogP contribution in [-0.2, 0) is 0 Å². The first-order valence-corrected chi connectivity index (χ1v) is 13.9. The smallest absolute Gasteiger partial charge is 0.319 e. The summed E-state index contributed by atoms with van der Waals surface area (Å²) in [6.45, 7) is 1.63. The number of benzene rings is 2. The molecule has 42 heavy (non-hydrogen) atoms. The van der Waals surface area contributed by atoms with Crippen LogP contribution in [0.3, 0.4) is 0 Å². The van der Waals surface area contributed by atoms with Crippen molar-refractivity contribution in [2.75, 3.05) is 31.6 Å². The number of fused-ring (bicyclic) bond motifs is 3. The molecule has 0 unspecified atom stereocenters. The molecule has 2 aromatic carbocycles. The summed E-state index contributed by atoms with van der Waals surface area (Å²) in [4.78, 5) is 17.2. The van der Waals surface area contributed by atoms with Crippen molar-refractivity contribution in [3.8, 4) is 35.4 Å². The molecule has 0 spiro atoms. The number of aliphatic hydroxyl groups excluding tert-OH is 1. The van der Waals surface area contributed by atoms with E-state index in [1.165, 1.54) is 30.5 Å². The minimum atomic E-state index is -1.04. The van der Waals surface area contributed by atoms with Gasteiger partial charge >= 0.3 is 6.01 Å². The van der Waals surface area contributed by atoms with Crippen LogP contribution in [0.4, 0.5) is 19.0 Å². The number of hydrogen-bond donors (Lipinski definition) is 2. The van der Waals surface area contributed by atoms with Crippen LogP contribution >= 0.6 is 0 Å². The Bertz CT molecular complexity index is 1800. The second-order valence-corrected chi connectivity index (χ2v) is 11.5. The van der Waals surface area contributed by atoms with Crippen molar-refractivity contribution < 1.29 is 28.1 Å². The van der Waals surface area contributed by atoms with E-state index in [1.54, 1.807) is 11.9 Å². The molecule has 11 heteroatoms. The van der Waals surface area contributed by atoms with Gasteiger partial charge in [-0.3, -0.25) is 9.88 Å². The van der Waals surface area contributed by atoms with Gasteiger partial charge in [0.15, 0.2) is 5.82 Å². The standard InChI is InChI=1S/C31H28F3N5O3/c1-3-19-22(32)6-5-16-9-17(40)10-20(25(16)19)27-26(34)28-21(13-35-27)29(38(2)24-11-23(24)33)37-30(36-28)42-15-31-7-4-8-39(31)14-18(41)12-31/h1,5-6,9-10,13,18,23-24,40-41H,4,7-8,11-12,14-15H2,2H3/t18-,23+,24+,31+/m1/s1. The first-order valence-electron chi connectivity index (χ1n) is 13.9. The lowest BCUT2D eigenvalue weighted by atomic mass is 9.94. The van der Waals surface area contributed by atoms with Crippen LogP contribution < -0.4 is 9.64 Å². The zero-order valence-corrected chi connectivity index (χ0v) is 22.8. The average Bonchev–Trinajstić information content (AvgIpc) is 3.45. The number of nitrogens with zero attached hydrogens (tertiary/aromatic N) is 5. The average molecular weight is 576 g/mol. The van der Waals surface area contributed by atoms with Crippen molar-refractivity contribution in [1.29, 1.82) is 0 Å². The van der Waals surface area contributed by atoms with Crippen molar-refractivity contribution in [2.24, 2.45) is 0 Å². The van der Waals surface area contributed by atoms with E-state index >= 15 is 4.39 Å². The number of rotatable bonds is 6. The SMILES string of the molecule is C#Cc1c(F)ccc2cc(O)cc(-c3ncc4c(N(C)[C@H]5C[C@@H]5F)nc(OC[C@@]56CCCN5C[C@H](O)C6)nc4c3F)c12. The highest BCUT2D eigenvalue weighted by atomic mass is 19.1. The van der Waals surface area contributed by atoms with Gasteiger partial charge in [-0.15, -0.1) is 6.42 Å². The molecule has 4 atom stereocenters. The second kappa shape index (κ2) is 9.71. The number of pyridine rings is 1. The van der Waals surface area contributed by atoms with Crippen LogP contribution in [0.1, 0.15) is 31.2 Å². The molecule has 4 heterocycles. The fourth-order valence-electron chi connectivity index (χ4n) is 6.69. The molecule has 2 saturated heterocycles. The number of anilines is 1. The highest BCUT2D eigenvalue weighted by Crippen LogP contribution is 2.42. The highest BCUT2D eigenvalue weighted by Gasteiger charge is 2.49. The fourth-order valence-corrected chi connectivity index (χ4v) is 6.69. The van der Waals surface area contributed by atoms with Gasteiger partial charge in [-0.2, -0.15) is 9.97 Å². The maximum atomic E-state index is 16.5. The number of alkyl halides is 1. The molecular formula is C31H28F3N5O3. The zero-order valence-electron chi connectivity index (χ0n) is 22.8. The number of aromatic hydroxyl groups is 1. The predicted molar refractivity (Wildman–Crippen MR) is 151 cm³/mol. The number of phenolic OH excluding ortho intramolecular Hbond substituents is 1. The van der Waals surface area contributed by atoms with E-state index in [2.05, 4.69) is 25.8 Å².